The molecule has 8 aromatic carbocycles. The zero-order valence-electron chi connectivity index (χ0n) is 34.8. The lowest BCUT2D eigenvalue weighted by atomic mass is 9.59. The first-order valence-electron chi connectivity index (χ1n) is 21.1. The number of fused-ring (bicyclic) bond motifs is 16. The molecular formula is C52H36S. The van der Waals surface area contributed by atoms with E-state index in [0.29, 0.717) is 5.56 Å². The number of hydrogen-bond acceptors (Lipinski definition) is 1. The Morgan fingerprint density at radius 2 is 0.981 bits per heavy atom. The topological polar surface area (TPSA) is 0 Å². The monoisotopic (exact) mass is 698 g/mol. The minimum atomic E-state index is -2.45. The minimum absolute atomic E-state index is 0.255. The summed E-state index contributed by atoms with van der Waals surface area (Å²) in [5.41, 5.74) is 16.5. The molecule has 3 aliphatic rings. The van der Waals surface area contributed by atoms with Gasteiger partial charge in [0.2, 0.25) is 0 Å². The summed E-state index contributed by atoms with van der Waals surface area (Å²) in [6.07, 6.45) is 0.758. The van der Waals surface area contributed by atoms with Crippen molar-refractivity contribution in [1.82, 2.24) is 0 Å². The molecule has 1 aliphatic heterocycles. The van der Waals surface area contributed by atoms with E-state index in [1.165, 1.54) is 22.9 Å². The maximum atomic E-state index is 9.01. The summed E-state index contributed by atoms with van der Waals surface area (Å²) in [6, 6.07) is 58.5. The fourth-order valence-corrected chi connectivity index (χ4v) is 10.9. The van der Waals surface area contributed by atoms with Crippen molar-refractivity contribution in [3.63, 3.8) is 0 Å². The molecule has 53 heavy (non-hydrogen) atoms. The van der Waals surface area contributed by atoms with Gasteiger partial charge in [-0.15, -0.1) is 0 Å². The Balaban J connectivity index is 1.26. The molecule has 0 N–H and O–H groups in total. The van der Waals surface area contributed by atoms with Crippen LogP contribution in [0, 0.1) is 13.7 Å². The van der Waals surface area contributed by atoms with Crippen LogP contribution in [0.25, 0.3) is 55.6 Å². The molecule has 8 aromatic rings. The molecule has 0 nitrogen and oxygen atoms in total. The average molecular weight is 699 g/mol. The molecule has 0 radical (unpaired) electrons. The van der Waals surface area contributed by atoms with Crippen LogP contribution in [0.2, 0.25) is 0 Å². The second-order valence-electron chi connectivity index (χ2n) is 14.3. The molecule has 0 saturated carbocycles. The Morgan fingerprint density at radius 1 is 0.453 bits per heavy atom. The second-order valence-corrected chi connectivity index (χ2v) is 15.4. The smallest absolute Gasteiger partial charge is 0.0729 e. The Hall–Kier alpha value is -5.89. The number of benzene rings is 8. The molecule has 2 aliphatic carbocycles. The van der Waals surface area contributed by atoms with Crippen LogP contribution in [0.1, 0.15) is 52.7 Å². The molecule has 0 aromatic heterocycles. The van der Waals surface area contributed by atoms with Gasteiger partial charge in [-0.3, -0.25) is 0 Å². The third-order valence-electron chi connectivity index (χ3n) is 11.6. The van der Waals surface area contributed by atoms with Gasteiger partial charge in [0.25, 0.3) is 0 Å². The zero-order valence-corrected chi connectivity index (χ0v) is 29.6. The second kappa shape index (κ2) is 11.6. The van der Waals surface area contributed by atoms with Crippen molar-refractivity contribution in [2.45, 2.75) is 35.3 Å². The molecule has 11 rings (SSSR count). The lowest BCUT2D eigenvalue weighted by Crippen LogP contribution is -2.38. The van der Waals surface area contributed by atoms with E-state index in [4.69, 9.17) is 8.22 Å². The summed E-state index contributed by atoms with van der Waals surface area (Å²) >= 11 is 1.49. The molecule has 0 unspecified atom stereocenters. The van der Waals surface area contributed by atoms with Gasteiger partial charge in [0.15, 0.2) is 0 Å². The average Bonchev–Trinajstić information content (AvgIpc) is 3.24. The van der Waals surface area contributed by atoms with Crippen molar-refractivity contribution < 1.29 is 8.22 Å². The molecule has 0 bridgehead atoms. The van der Waals surface area contributed by atoms with E-state index in [2.05, 4.69) is 140 Å². The van der Waals surface area contributed by atoms with E-state index < -0.39 is 19.1 Å². The van der Waals surface area contributed by atoms with Crippen molar-refractivity contribution in [2.24, 2.45) is 0 Å². The Bertz CT molecular complexity index is 2990. The number of hydrogen-bond donors (Lipinski definition) is 0. The highest BCUT2D eigenvalue weighted by Gasteiger charge is 2.49. The van der Waals surface area contributed by atoms with Crippen LogP contribution in [0.15, 0.2) is 180 Å². The van der Waals surface area contributed by atoms with E-state index in [1.54, 1.807) is 6.07 Å². The quantitative estimate of drug-likeness (QED) is 0.164. The highest BCUT2D eigenvalue weighted by atomic mass is 32.2. The molecule has 0 atom stereocenters. The maximum absolute atomic E-state index is 9.01. The summed E-state index contributed by atoms with van der Waals surface area (Å²) in [7, 11) is 0. The Kier molecular flexibility index (Phi) is 5.48. The largest absolute Gasteiger partial charge is 0.0887 e. The SMILES string of the molecule is [2H]C([2H])([2H])c1ccc2c(c1)Sc1c(ccc(C([2H])([2H])[2H])c1-c1ccc3c(c1)-c1ccccc1-c1ccccc1-c1ccccc1-3)C21c2ccccc2Cc2ccccc21. The molecule has 1 spiro atoms. The Morgan fingerprint density at radius 3 is 1.57 bits per heavy atom. The number of aryl methyl sites for hydroxylation is 2. The third kappa shape index (κ3) is 4.32. The van der Waals surface area contributed by atoms with Gasteiger partial charge in [-0.05, 0) is 132 Å². The number of rotatable bonds is 1. The van der Waals surface area contributed by atoms with Gasteiger partial charge in [-0.2, -0.15) is 0 Å². The van der Waals surface area contributed by atoms with E-state index in [1.807, 2.05) is 24.3 Å². The molecular weight excluding hydrogens is 657 g/mol. The fraction of sp³-hybridized carbons (Fsp3) is 0.0769. The lowest BCUT2D eigenvalue weighted by molar-refractivity contribution is 0.668. The maximum Gasteiger partial charge on any atom is 0.0729 e. The molecule has 1 heterocycles. The van der Waals surface area contributed by atoms with Crippen molar-refractivity contribution in [2.75, 3.05) is 0 Å². The van der Waals surface area contributed by atoms with E-state index in [0.717, 1.165) is 88.5 Å². The van der Waals surface area contributed by atoms with Crippen molar-refractivity contribution in [1.29, 1.82) is 0 Å². The fourth-order valence-electron chi connectivity index (χ4n) is 9.47. The first-order valence-corrected chi connectivity index (χ1v) is 19.0. The first-order chi connectivity index (χ1) is 28.5. The van der Waals surface area contributed by atoms with E-state index >= 15 is 0 Å². The minimum Gasteiger partial charge on any atom is -0.0887 e. The van der Waals surface area contributed by atoms with Crippen LogP contribution in [0.3, 0.4) is 0 Å². The van der Waals surface area contributed by atoms with Gasteiger partial charge in [0.1, 0.15) is 0 Å². The van der Waals surface area contributed by atoms with Crippen LogP contribution in [0.5, 0.6) is 0 Å². The Labute approximate surface area is 324 Å². The van der Waals surface area contributed by atoms with Crippen LogP contribution in [-0.2, 0) is 11.8 Å². The van der Waals surface area contributed by atoms with Crippen molar-refractivity contribution in [3.05, 3.63) is 214 Å². The van der Waals surface area contributed by atoms with Gasteiger partial charge >= 0.3 is 0 Å². The van der Waals surface area contributed by atoms with Gasteiger partial charge < -0.3 is 0 Å². The van der Waals surface area contributed by atoms with E-state index in [-0.39, 0.29) is 11.1 Å². The van der Waals surface area contributed by atoms with E-state index in [9.17, 15) is 0 Å². The molecule has 0 amide bonds. The summed E-state index contributed by atoms with van der Waals surface area (Å²) in [4.78, 5) is 1.63. The van der Waals surface area contributed by atoms with Gasteiger partial charge in [-0.25, -0.2) is 0 Å². The predicted octanol–water partition coefficient (Wildman–Crippen LogP) is 13.7. The highest BCUT2D eigenvalue weighted by molar-refractivity contribution is 7.99. The van der Waals surface area contributed by atoms with Crippen molar-refractivity contribution >= 4 is 11.8 Å². The summed E-state index contributed by atoms with van der Waals surface area (Å²) < 4.78 is 52.3. The first kappa shape index (κ1) is 25.1. The van der Waals surface area contributed by atoms with Gasteiger partial charge in [0, 0.05) is 18.0 Å². The molecule has 250 valence electrons. The van der Waals surface area contributed by atoms with Gasteiger partial charge in [0.05, 0.1) is 5.41 Å². The summed E-state index contributed by atoms with van der Waals surface area (Å²) in [5.74, 6) is 0. The lowest BCUT2D eigenvalue weighted by Gasteiger charge is -2.46. The predicted molar refractivity (Wildman–Crippen MR) is 222 cm³/mol. The summed E-state index contributed by atoms with van der Waals surface area (Å²) in [5, 5.41) is 0. The van der Waals surface area contributed by atoms with Crippen LogP contribution in [0.4, 0.5) is 0 Å². The van der Waals surface area contributed by atoms with Crippen LogP contribution < -0.4 is 0 Å². The molecule has 1 heteroatoms. The normalized spacial score (nSPS) is 16.0. The summed E-state index contributed by atoms with van der Waals surface area (Å²) in [6.45, 7) is -4.78. The van der Waals surface area contributed by atoms with Crippen molar-refractivity contribution in [3.8, 4) is 55.6 Å². The van der Waals surface area contributed by atoms with Gasteiger partial charge in [-0.1, -0.05) is 169 Å². The highest BCUT2D eigenvalue weighted by Crippen LogP contribution is 2.61. The molecule has 0 fully saturated rings. The molecule has 0 saturated heterocycles. The van der Waals surface area contributed by atoms with Crippen LogP contribution >= 0.6 is 11.8 Å². The third-order valence-corrected chi connectivity index (χ3v) is 12.8. The zero-order chi connectivity index (χ0) is 40.3. The standard InChI is InChI=1S/C52H36S/c1-32-23-27-47-49(29-32)53-51-48(52(47)45-21-11-3-13-34(45)30-35-14-4-12-22-46(35)52)28-24-33(2)50(51)36-25-26-43-41-19-8-7-17-39(41)37-15-5-6-16-38(37)40-18-9-10-20-42(40)44(43)31-36/h3-29,31H,30H2,1-2H3/i1D3,2D3. The van der Waals surface area contributed by atoms with Crippen LogP contribution in [-0.4, -0.2) is 0 Å².